The molecule has 0 bridgehead atoms. The highest BCUT2D eigenvalue weighted by atomic mass is 79.9. The first kappa shape index (κ1) is 19.3. The third-order valence-electron chi connectivity index (χ3n) is 3.16. The third kappa shape index (κ3) is 5.77. The fraction of sp³-hybridized carbons (Fsp3) is 0.118. The highest BCUT2D eigenvalue weighted by Gasteiger charge is 2.07. The second kappa shape index (κ2) is 8.89. The summed E-state index contributed by atoms with van der Waals surface area (Å²) in [4.78, 5) is 20.9. The number of hydrogen-bond acceptors (Lipinski definition) is 4. The van der Waals surface area contributed by atoms with Gasteiger partial charge < -0.3 is 9.84 Å². The molecule has 0 aliphatic heterocycles. The molecule has 8 heteroatoms. The van der Waals surface area contributed by atoms with Crippen LogP contribution in [0.1, 0.15) is 16.7 Å². The number of nitro groups is 1. The molecular formula is C17H13Br2NO5. The predicted octanol–water partition coefficient (Wildman–Crippen LogP) is 4.89. The zero-order valence-electron chi connectivity index (χ0n) is 12.8. The summed E-state index contributed by atoms with van der Waals surface area (Å²) >= 11 is 6.94. The quantitative estimate of drug-likeness (QED) is 0.353. The van der Waals surface area contributed by atoms with E-state index in [1.807, 2.05) is 18.2 Å². The van der Waals surface area contributed by atoms with Crippen molar-refractivity contribution >= 4 is 55.7 Å². The van der Waals surface area contributed by atoms with E-state index in [1.165, 1.54) is 12.1 Å². The number of rotatable bonds is 7. The summed E-state index contributed by atoms with van der Waals surface area (Å²) < 4.78 is 6.65. The van der Waals surface area contributed by atoms with Gasteiger partial charge in [0, 0.05) is 26.6 Å². The molecule has 0 aromatic heterocycles. The van der Waals surface area contributed by atoms with Crippen LogP contribution < -0.4 is 0 Å². The van der Waals surface area contributed by atoms with Crippen LogP contribution in [0.2, 0.25) is 0 Å². The number of benzene rings is 2. The number of halogens is 2. The molecule has 0 saturated carbocycles. The fourth-order valence-corrected chi connectivity index (χ4v) is 3.60. The average molecular weight is 471 g/mol. The number of hydrogen-bond donors (Lipinski definition) is 1. The molecule has 2 rings (SSSR count). The molecule has 1 N–H and O–H groups in total. The molecule has 0 saturated heterocycles. The fourth-order valence-electron chi connectivity index (χ4n) is 2.06. The van der Waals surface area contributed by atoms with Crippen molar-refractivity contribution in [3.8, 4) is 0 Å². The van der Waals surface area contributed by atoms with Gasteiger partial charge in [-0.25, -0.2) is 4.79 Å². The molecular weight excluding hydrogens is 458 g/mol. The van der Waals surface area contributed by atoms with Crippen molar-refractivity contribution in [2.24, 2.45) is 0 Å². The van der Waals surface area contributed by atoms with Gasteiger partial charge in [-0.15, -0.1) is 0 Å². The van der Waals surface area contributed by atoms with Gasteiger partial charge in [0.2, 0.25) is 0 Å². The Bertz CT molecular complexity index is 813. The number of ether oxygens (including phenoxy) is 1. The summed E-state index contributed by atoms with van der Waals surface area (Å²) in [5.74, 6) is -1.02. The van der Waals surface area contributed by atoms with Crippen molar-refractivity contribution in [2.75, 3.05) is 6.61 Å². The number of nitro benzene ring substituents is 1. The molecule has 0 aliphatic carbocycles. The Morgan fingerprint density at radius 2 is 1.88 bits per heavy atom. The highest BCUT2D eigenvalue weighted by molar-refractivity contribution is 9.11. The van der Waals surface area contributed by atoms with Crippen LogP contribution in [-0.2, 0) is 16.1 Å². The van der Waals surface area contributed by atoms with Crippen molar-refractivity contribution in [3.05, 3.63) is 72.1 Å². The summed E-state index contributed by atoms with van der Waals surface area (Å²) in [7, 11) is 0. The van der Waals surface area contributed by atoms with Gasteiger partial charge in [0.15, 0.2) is 0 Å². The van der Waals surface area contributed by atoms with Crippen LogP contribution in [-0.4, -0.2) is 22.6 Å². The van der Waals surface area contributed by atoms with E-state index in [1.54, 1.807) is 18.2 Å². The Balaban J connectivity index is 2.18. The Labute approximate surface area is 160 Å². The molecule has 0 fully saturated rings. The maximum absolute atomic E-state index is 10.8. The Kier molecular flexibility index (Phi) is 6.86. The third-order valence-corrected chi connectivity index (χ3v) is 4.47. The summed E-state index contributed by atoms with van der Waals surface area (Å²) in [6.45, 7) is -0.179. The lowest BCUT2D eigenvalue weighted by Crippen LogP contribution is -2.06. The summed E-state index contributed by atoms with van der Waals surface area (Å²) in [6, 6.07) is 10.0. The van der Waals surface area contributed by atoms with Crippen LogP contribution in [0.5, 0.6) is 0 Å². The van der Waals surface area contributed by atoms with E-state index < -0.39 is 10.9 Å². The van der Waals surface area contributed by atoms with Gasteiger partial charge in [0.1, 0.15) is 6.61 Å². The number of carbonyl (C=O) groups is 1. The minimum atomic E-state index is -1.02. The van der Waals surface area contributed by atoms with Gasteiger partial charge in [-0.05, 0) is 23.3 Å². The molecule has 6 nitrogen and oxygen atoms in total. The van der Waals surface area contributed by atoms with E-state index in [-0.39, 0.29) is 18.9 Å². The molecule has 25 heavy (non-hydrogen) atoms. The maximum atomic E-state index is 10.8. The lowest BCUT2D eigenvalue weighted by molar-refractivity contribution is -0.384. The second-order valence-corrected chi connectivity index (χ2v) is 6.75. The van der Waals surface area contributed by atoms with Crippen LogP contribution in [0.25, 0.3) is 12.2 Å². The highest BCUT2D eigenvalue weighted by Crippen LogP contribution is 2.30. The van der Waals surface area contributed by atoms with Crippen LogP contribution in [0.3, 0.4) is 0 Å². The number of nitrogens with zero attached hydrogens (tertiary/aromatic N) is 1. The number of carboxylic acid groups (broad SMARTS) is 1. The van der Waals surface area contributed by atoms with Gasteiger partial charge in [-0.3, -0.25) is 10.1 Å². The van der Waals surface area contributed by atoms with Gasteiger partial charge in [0.25, 0.3) is 5.69 Å². The van der Waals surface area contributed by atoms with E-state index in [2.05, 4.69) is 31.9 Å². The van der Waals surface area contributed by atoms with Crippen molar-refractivity contribution in [2.45, 2.75) is 6.61 Å². The lowest BCUT2D eigenvalue weighted by atomic mass is 10.1. The topological polar surface area (TPSA) is 89.7 Å². The number of carboxylic acids is 1. The molecule has 0 amide bonds. The molecule has 0 unspecified atom stereocenters. The second-order valence-electron chi connectivity index (χ2n) is 5.05. The van der Waals surface area contributed by atoms with E-state index in [4.69, 9.17) is 9.84 Å². The monoisotopic (exact) mass is 469 g/mol. The van der Waals surface area contributed by atoms with Crippen LogP contribution in [0.15, 0.2) is 45.3 Å². The van der Waals surface area contributed by atoms with Gasteiger partial charge in [-0.2, -0.15) is 0 Å². The minimum Gasteiger partial charge on any atom is -0.480 e. The van der Waals surface area contributed by atoms with E-state index in [0.717, 1.165) is 20.1 Å². The Morgan fingerprint density at radius 1 is 1.20 bits per heavy atom. The Morgan fingerprint density at radius 3 is 2.48 bits per heavy atom. The first-order valence-electron chi connectivity index (χ1n) is 7.07. The largest absolute Gasteiger partial charge is 0.480 e. The van der Waals surface area contributed by atoms with Gasteiger partial charge in [-0.1, -0.05) is 56.1 Å². The molecule has 0 atom stereocenters. The molecule has 0 radical (unpaired) electrons. The zero-order valence-corrected chi connectivity index (χ0v) is 16.0. The summed E-state index contributed by atoms with van der Waals surface area (Å²) in [5.41, 5.74) is 2.41. The van der Waals surface area contributed by atoms with Gasteiger partial charge in [0.05, 0.1) is 11.5 Å². The average Bonchev–Trinajstić information content (AvgIpc) is 2.54. The molecule has 0 heterocycles. The van der Waals surface area contributed by atoms with Crippen LogP contribution in [0.4, 0.5) is 5.69 Å². The Hall–Kier alpha value is -2.03. The minimum absolute atomic E-state index is 0.0335. The van der Waals surface area contributed by atoms with E-state index in [0.29, 0.717) is 5.56 Å². The van der Waals surface area contributed by atoms with Crippen molar-refractivity contribution in [1.29, 1.82) is 0 Å². The molecule has 0 spiro atoms. The smallest absolute Gasteiger partial charge is 0.329 e. The number of aliphatic carboxylic acids is 1. The zero-order chi connectivity index (χ0) is 18.4. The summed E-state index contributed by atoms with van der Waals surface area (Å²) in [6.07, 6.45) is 3.60. The van der Waals surface area contributed by atoms with E-state index >= 15 is 0 Å². The van der Waals surface area contributed by atoms with Crippen LogP contribution in [0, 0.1) is 10.1 Å². The molecule has 130 valence electrons. The first-order chi connectivity index (χ1) is 11.9. The first-order valence-corrected chi connectivity index (χ1v) is 8.65. The summed E-state index contributed by atoms with van der Waals surface area (Å²) in [5, 5.41) is 19.4. The predicted molar refractivity (Wildman–Crippen MR) is 101 cm³/mol. The maximum Gasteiger partial charge on any atom is 0.329 e. The van der Waals surface area contributed by atoms with Gasteiger partial charge >= 0.3 is 5.97 Å². The van der Waals surface area contributed by atoms with E-state index in [9.17, 15) is 14.9 Å². The van der Waals surface area contributed by atoms with Crippen LogP contribution >= 0.6 is 31.9 Å². The normalized spacial score (nSPS) is 11.0. The SMILES string of the molecule is O=C(O)COCc1cc(Br)c(C=Cc2cccc([N+](=O)[O-])c2)c(Br)c1. The molecule has 2 aromatic rings. The number of non-ortho nitro benzene ring substituents is 1. The lowest BCUT2D eigenvalue weighted by Gasteiger charge is -2.08. The molecule has 2 aromatic carbocycles. The van der Waals surface area contributed by atoms with Crippen molar-refractivity contribution in [3.63, 3.8) is 0 Å². The standard InChI is InChI=1S/C17H13Br2NO5/c18-15-7-12(9-25-10-17(21)22)8-16(19)14(15)5-4-11-2-1-3-13(6-11)20(23)24/h1-8H,9-10H2,(H,21,22). The van der Waals surface area contributed by atoms with Crippen molar-refractivity contribution < 1.29 is 19.6 Å². The molecule has 0 aliphatic rings. The van der Waals surface area contributed by atoms with Crippen molar-refractivity contribution in [1.82, 2.24) is 0 Å².